The molecule has 7 heteroatoms. The van der Waals surface area contributed by atoms with Crippen molar-refractivity contribution >= 4 is 17.7 Å². The maximum absolute atomic E-state index is 9.01. The van der Waals surface area contributed by atoms with Crippen molar-refractivity contribution in [2.75, 3.05) is 5.32 Å². The maximum atomic E-state index is 9.01. The zero-order valence-electron chi connectivity index (χ0n) is 19.6. The number of aromatic nitrogens is 3. The van der Waals surface area contributed by atoms with Crippen molar-refractivity contribution in [3.63, 3.8) is 0 Å². The first kappa shape index (κ1) is 21.5. The molecular formula is C27H26N6O. The Kier molecular flexibility index (Phi) is 5.42. The topological polar surface area (TPSA) is 91.0 Å². The van der Waals surface area contributed by atoms with Gasteiger partial charge in [0.2, 0.25) is 0 Å². The molecule has 0 aliphatic carbocycles. The van der Waals surface area contributed by atoms with Crippen LogP contribution in [-0.2, 0) is 7.05 Å². The zero-order chi connectivity index (χ0) is 23.8. The number of hydrogen-bond acceptors (Lipinski definition) is 5. The lowest BCUT2D eigenvalue weighted by atomic mass is 9.99. The van der Waals surface area contributed by atoms with Gasteiger partial charge >= 0.3 is 0 Å². The van der Waals surface area contributed by atoms with Crippen LogP contribution < -0.4 is 10.1 Å². The third-order valence-corrected chi connectivity index (χ3v) is 6.18. The van der Waals surface area contributed by atoms with E-state index in [4.69, 9.17) is 10.00 Å². The molecule has 0 amide bonds. The number of rotatable bonds is 5. The summed E-state index contributed by atoms with van der Waals surface area (Å²) >= 11 is 0. The van der Waals surface area contributed by atoms with Crippen LogP contribution in [0.3, 0.4) is 0 Å². The van der Waals surface area contributed by atoms with Crippen LogP contribution in [0.4, 0.5) is 11.5 Å². The molecule has 34 heavy (non-hydrogen) atoms. The highest BCUT2D eigenvalue weighted by Gasteiger charge is 2.29. The van der Waals surface area contributed by atoms with Crippen LogP contribution >= 0.6 is 0 Å². The summed E-state index contributed by atoms with van der Waals surface area (Å²) in [6, 6.07) is 17.9. The van der Waals surface area contributed by atoms with E-state index in [2.05, 4.69) is 65.4 Å². The summed E-state index contributed by atoms with van der Waals surface area (Å²) < 4.78 is 8.51. The van der Waals surface area contributed by atoms with Crippen molar-refractivity contribution in [2.24, 2.45) is 12.0 Å². The summed E-state index contributed by atoms with van der Waals surface area (Å²) in [6.45, 7) is 6.23. The smallest absolute Gasteiger partial charge is 0.148 e. The van der Waals surface area contributed by atoms with Gasteiger partial charge in [0, 0.05) is 36.3 Å². The monoisotopic (exact) mass is 450 g/mol. The lowest BCUT2D eigenvalue weighted by Crippen LogP contribution is -2.24. The van der Waals surface area contributed by atoms with Gasteiger partial charge in [0.25, 0.3) is 0 Å². The minimum Gasteiger partial charge on any atom is -0.483 e. The number of aryl methyl sites for hydroxylation is 3. The first-order chi connectivity index (χ1) is 16.4. The normalized spacial score (nSPS) is 16.7. The second kappa shape index (κ2) is 8.56. The van der Waals surface area contributed by atoms with E-state index in [9.17, 15) is 0 Å². The van der Waals surface area contributed by atoms with Crippen molar-refractivity contribution in [2.45, 2.75) is 32.9 Å². The third kappa shape index (κ3) is 3.95. The number of nitriles is 1. The fourth-order valence-corrected chi connectivity index (χ4v) is 4.44. The quantitative estimate of drug-likeness (QED) is 0.415. The molecule has 0 bridgehead atoms. The molecule has 3 heterocycles. The van der Waals surface area contributed by atoms with Gasteiger partial charge in [0.15, 0.2) is 0 Å². The maximum Gasteiger partial charge on any atom is 0.148 e. The van der Waals surface area contributed by atoms with Crippen LogP contribution in [0.5, 0.6) is 5.75 Å². The Morgan fingerprint density at radius 3 is 2.47 bits per heavy atom. The first-order valence-corrected chi connectivity index (χ1v) is 11.2. The van der Waals surface area contributed by atoms with Gasteiger partial charge in [0.05, 0.1) is 29.1 Å². The largest absolute Gasteiger partial charge is 0.483 e. The molecule has 4 aromatic rings. The van der Waals surface area contributed by atoms with E-state index in [-0.39, 0.29) is 12.1 Å². The molecule has 2 N–H and O–H groups in total. The summed E-state index contributed by atoms with van der Waals surface area (Å²) in [7, 11) is 1.95. The zero-order valence-corrected chi connectivity index (χ0v) is 19.6. The summed E-state index contributed by atoms with van der Waals surface area (Å²) in [5.41, 5.74) is 7.86. The minimum atomic E-state index is -0.215. The predicted octanol–water partition coefficient (Wildman–Crippen LogP) is 5.59. The molecule has 7 nitrogen and oxygen atoms in total. The average molecular weight is 451 g/mol. The third-order valence-electron chi connectivity index (χ3n) is 6.18. The fourth-order valence-electron chi connectivity index (χ4n) is 4.44. The van der Waals surface area contributed by atoms with Gasteiger partial charge in [-0.15, -0.1) is 0 Å². The lowest BCUT2D eigenvalue weighted by molar-refractivity contribution is 0.177. The van der Waals surface area contributed by atoms with Gasteiger partial charge in [-0.3, -0.25) is 9.67 Å². The molecule has 2 aromatic heterocycles. The molecule has 1 aliphatic rings. The number of ether oxygens (including phenoxy) is 1. The first-order valence-electron chi connectivity index (χ1n) is 11.2. The Balaban J connectivity index is 1.42. The highest BCUT2D eigenvalue weighted by Crippen LogP contribution is 2.37. The fraction of sp³-hybridized carbons (Fsp3) is 0.222. The standard InChI is InChI=1S/C27H26N6O/c1-16-11-20(24-9-10-30-33(24)4)12-17(2)26(16)34-27-18(3)29-15-23-22(27)13-25(32-23)31-21-7-5-19(14-28)6-8-21/h5-13,15,18,27,31-32H,1-4H3. The van der Waals surface area contributed by atoms with Crippen molar-refractivity contribution in [1.29, 1.82) is 5.26 Å². The van der Waals surface area contributed by atoms with E-state index < -0.39 is 0 Å². The molecule has 2 aromatic carbocycles. The van der Waals surface area contributed by atoms with E-state index >= 15 is 0 Å². The molecule has 0 radical (unpaired) electrons. The van der Waals surface area contributed by atoms with Crippen LogP contribution in [0.2, 0.25) is 0 Å². The molecule has 0 saturated heterocycles. The second-order valence-corrected chi connectivity index (χ2v) is 8.70. The van der Waals surface area contributed by atoms with Crippen LogP contribution in [0.25, 0.3) is 11.3 Å². The number of fused-ring (bicyclic) bond motifs is 1. The summed E-state index contributed by atoms with van der Waals surface area (Å²) in [6.07, 6.45) is 3.46. The van der Waals surface area contributed by atoms with Crippen LogP contribution in [0.1, 0.15) is 41.0 Å². The van der Waals surface area contributed by atoms with Crippen LogP contribution in [-0.4, -0.2) is 27.0 Å². The van der Waals surface area contributed by atoms with E-state index in [1.54, 1.807) is 12.1 Å². The molecule has 0 spiro atoms. The number of nitrogens with zero attached hydrogens (tertiary/aromatic N) is 4. The SMILES string of the molecule is Cc1cc(-c2ccnn2C)cc(C)c1OC1c2cc(Nc3ccc(C#N)cc3)[nH]c2C=NC1C. The van der Waals surface area contributed by atoms with Crippen LogP contribution in [0, 0.1) is 25.2 Å². The Morgan fingerprint density at radius 1 is 1.09 bits per heavy atom. The van der Waals surface area contributed by atoms with Gasteiger partial charge in [-0.05, 0) is 80.4 Å². The van der Waals surface area contributed by atoms with Gasteiger partial charge in [-0.25, -0.2) is 0 Å². The highest BCUT2D eigenvalue weighted by molar-refractivity contribution is 5.83. The second-order valence-electron chi connectivity index (χ2n) is 8.70. The Morgan fingerprint density at radius 2 is 1.82 bits per heavy atom. The molecule has 2 unspecified atom stereocenters. The number of benzene rings is 2. The van der Waals surface area contributed by atoms with Crippen molar-refractivity contribution in [3.8, 4) is 23.1 Å². The van der Waals surface area contributed by atoms with E-state index in [1.807, 2.05) is 42.3 Å². The number of anilines is 2. The molecule has 1 aliphatic heterocycles. The van der Waals surface area contributed by atoms with Crippen molar-refractivity contribution in [1.82, 2.24) is 14.8 Å². The summed E-state index contributed by atoms with van der Waals surface area (Å²) in [4.78, 5) is 8.06. The average Bonchev–Trinajstić information content (AvgIpc) is 3.43. The molecule has 0 fully saturated rings. The summed E-state index contributed by atoms with van der Waals surface area (Å²) in [5, 5.41) is 16.7. The van der Waals surface area contributed by atoms with E-state index in [1.165, 1.54) is 0 Å². The van der Waals surface area contributed by atoms with Gasteiger partial charge < -0.3 is 15.0 Å². The molecular weight excluding hydrogens is 424 g/mol. The number of aromatic amines is 1. The van der Waals surface area contributed by atoms with Crippen molar-refractivity contribution < 1.29 is 4.74 Å². The molecule has 5 rings (SSSR count). The van der Waals surface area contributed by atoms with E-state index in [0.717, 1.165) is 50.9 Å². The van der Waals surface area contributed by atoms with Crippen LogP contribution in [0.15, 0.2) is 59.7 Å². The number of aliphatic imine (C=N–C) groups is 1. The van der Waals surface area contributed by atoms with Gasteiger partial charge in [-0.2, -0.15) is 10.4 Å². The molecule has 2 atom stereocenters. The molecule has 0 saturated carbocycles. The van der Waals surface area contributed by atoms with E-state index in [0.29, 0.717) is 5.56 Å². The van der Waals surface area contributed by atoms with Gasteiger partial charge in [0.1, 0.15) is 17.7 Å². The Labute approximate surface area is 198 Å². The predicted molar refractivity (Wildman–Crippen MR) is 134 cm³/mol. The van der Waals surface area contributed by atoms with Gasteiger partial charge in [-0.1, -0.05) is 0 Å². The summed E-state index contributed by atoms with van der Waals surface area (Å²) in [5.74, 6) is 1.73. The number of nitrogens with one attached hydrogen (secondary N) is 2. The van der Waals surface area contributed by atoms with Crippen molar-refractivity contribution in [3.05, 3.63) is 82.7 Å². The molecule has 170 valence electrons. The Bertz CT molecular complexity index is 1400. The number of H-pyrrole nitrogens is 1. The lowest BCUT2D eigenvalue weighted by Gasteiger charge is -2.27. The Hall–Kier alpha value is -4.31. The number of hydrogen-bond donors (Lipinski definition) is 2. The minimum absolute atomic E-state index is 0.0263. The highest BCUT2D eigenvalue weighted by atomic mass is 16.5.